The average Bonchev–Trinajstić information content (AvgIpc) is 2.97. The molecule has 0 saturated carbocycles. The minimum atomic E-state index is -0.218. The van der Waals surface area contributed by atoms with Crippen LogP contribution < -0.4 is 9.96 Å². The van der Waals surface area contributed by atoms with E-state index < -0.39 is 0 Å². The molecule has 1 atom stereocenters. The molecule has 0 aliphatic carbocycles. The zero-order chi connectivity index (χ0) is 13.9. The highest BCUT2D eigenvalue weighted by molar-refractivity contribution is 6.05. The maximum absolute atomic E-state index is 5.73. The number of fused-ring (bicyclic) bond motifs is 1. The normalized spacial score (nSPS) is 12.4. The zero-order valence-electron chi connectivity index (χ0n) is 11.2. The lowest BCUT2D eigenvalue weighted by atomic mass is 9.96. The molecule has 20 heavy (non-hydrogen) atoms. The molecule has 98 valence electrons. The van der Waals surface area contributed by atoms with Crippen LogP contribution in [0.1, 0.15) is 17.4 Å². The predicted octanol–water partition coefficient (Wildman–Crippen LogP) is 3.20. The minimum Gasteiger partial charge on any atom is -0.468 e. The van der Waals surface area contributed by atoms with Crippen molar-refractivity contribution in [3.63, 3.8) is 0 Å². The van der Waals surface area contributed by atoms with Crippen molar-refractivity contribution in [2.75, 3.05) is 7.11 Å². The predicted molar refractivity (Wildman–Crippen MR) is 79.9 cm³/mol. The van der Waals surface area contributed by atoms with Crippen LogP contribution >= 0.6 is 0 Å². The Hall–Kier alpha value is -2.20. The van der Waals surface area contributed by atoms with Gasteiger partial charge in [-0.15, -0.1) is 0 Å². The summed E-state index contributed by atoms with van der Waals surface area (Å²) in [5.74, 6) is 1.20. The summed E-state index contributed by atoms with van der Waals surface area (Å²) in [5, 5.41) is 5.13. The van der Waals surface area contributed by atoms with E-state index in [1.807, 2.05) is 30.3 Å². The summed E-state index contributed by atoms with van der Waals surface area (Å²) in [6.45, 7) is 0. The first-order valence-electron chi connectivity index (χ1n) is 6.41. The third kappa shape index (κ3) is 2.19. The molecule has 0 aliphatic rings. The van der Waals surface area contributed by atoms with Crippen LogP contribution in [0.5, 0.6) is 5.95 Å². The zero-order valence-corrected chi connectivity index (χ0v) is 11.2. The Balaban J connectivity index is 2.11. The van der Waals surface area contributed by atoms with Gasteiger partial charge in [-0.1, -0.05) is 42.5 Å². The van der Waals surface area contributed by atoms with Crippen LogP contribution in [0, 0.1) is 0 Å². The van der Waals surface area contributed by atoms with Gasteiger partial charge in [0.05, 0.1) is 13.2 Å². The molecule has 4 heteroatoms. The van der Waals surface area contributed by atoms with Crippen LogP contribution in [0.2, 0.25) is 0 Å². The number of rotatable bonds is 4. The molecule has 1 unspecified atom stereocenters. The van der Waals surface area contributed by atoms with Gasteiger partial charge < -0.3 is 14.4 Å². The summed E-state index contributed by atoms with van der Waals surface area (Å²) in [6, 6.07) is 17.8. The van der Waals surface area contributed by atoms with E-state index in [9.17, 15) is 0 Å². The second-order valence-corrected chi connectivity index (χ2v) is 4.53. The largest absolute Gasteiger partial charge is 0.468 e. The topological polar surface area (TPSA) is 34.4 Å². The highest BCUT2D eigenvalue weighted by Gasteiger charge is 2.18. The van der Waals surface area contributed by atoms with Crippen molar-refractivity contribution in [1.82, 2.24) is 5.23 Å². The fraction of sp³-hybridized carbons (Fsp3) is 0.125. The van der Waals surface area contributed by atoms with Crippen molar-refractivity contribution in [3.8, 4) is 5.95 Å². The number of furan rings is 1. The lowest BCUT2D eigenvalue weighted by molar-refractivity contribution is 0.290. The fourth-order valence-corrected chi connectivity index (χ4v) is 2.43. The van der Waals surface area contributed by atoms with Gasteiger partial charge in [0.2, 0.25) is 0 Å². The summed E-state index contributed by atoms with van der Waals surface area (Å²) < 4.78 is 10.7. The van der Waals surface area contributed by atoms with Gasteiger partial charge in [0.15, 0.2) is 7.98 Å². The third-order valence-corrected chi connectivity index (χ3v) is 3.39. The van der Waals surface area contributed by atoms with Gasteiger partial charge in [-0.25, -0.2) is 0 Å². The van der Waals surface area contributed by atoms with Crippen LogP contribution in [0.15, 0.2) is 59.0 Å². The summed E-state index contributed by atoms with van der Waals surface area (Å²) in [7, 11) is 7.30. The molecule has 1 heterocycles. The molecular weight excluding hydrogens is 249 g/mol. The summed E-state index contributed by atoms with van der Waals surface area (Å²) >= 11 is 0. The number of methoxy groups -OCH3 is 1. The molecule has 3 aromatic rings. The van der Waals surface area contributed by atoms with E-state index in [0.29, 0.717) is 5.95 Å². The van der Waals surface area contributed by atoms with Gasteiger partial charge in [-0.05, 0) is 22.4 Å². The average molecular weight is 263 g/mol. The van der Waals surface area contributed by atoms with Crippen molar-refractivity contribution in [2.45, 2.75) is 6.04 Å². The number of ether oxygens (including phenoxy) is 1. The van der Waals surface area contributed by atoms with Crippen molar-refractivity contribution >= 4 is 18.8 Å². The van der Waals surface area contributed by atoms with Crippen LogP contribution in [0.4, 0.5) is 0 Å². The third-order valence-electron chi connectivity index (χ3n) is 3.39. The van der Waals surface area contributed by atoms with Gasteiger partial charge in [0.1, 0.15) is 5.76 Å². The number of hydrogen-bond donors (Lipinski definition) is 1. The molecule has 0 amide bonds. The molecular formula is C16H14BNO2. The second kappa shape index (κ2) is 5.43. The van der Waals surface area contributed by atoms with E-state index >= 15 is 0 Å². The van der Waals surface area contributed by atoms with Crippen LogP contribution in [0.3, 0.4) is 0 Å². The quantitative estimate of drug-likeness (QED) is 0.734. The van der Waals surface area contributed by atoms with Gasteiger partial charge >= 0.3 is 0 Å². The number of hydrogen-bond acceptors (Lipinski definition) is 3. The molecule has 2 aromatic carbocycles. The molecule has 1 N–H and O–H groups in total. The smallest absolute Gasteiger partial charge is 0.284 e. The van der Waals surface area contributed by atoms with E-state index in [2.05, 4.69) is 23.4 Å². The van der Waals surface area contributed by atoms with E-state index in [-0.39, 0.29) is 6.04 Å². The summed E-state index contributed by atoms with van der Waals surface area (Å²) in [4.78, 5) is 0. The van der Waals surface area contributed by atoms with Gasteiger partial charge in [0.25, 0.3) is 5.95 Å². The molecule has 0 fully saturated rings. The second-order valence-electron chi connectivity index (χ2n) is 4.53. The Bertz CT molecular complexity index is 718. The first-order chi connectivity index (χ1) is 9.83. The molecule has 0 spiro atoms. The Morgan fingerprint density at radius 2 is 1.85 bits per heavy atom. The van der Waals surface area contributed by atoms with Gasteiger partial charge in [-0.3, -0.25) is 0 Å². The van der Waals surface area contributed by atoms with E-state index in [0.717, 1.165) is 16.7 Å². The maximum Gasteiger partial charge on any atom is 0.284 e. The lowest BCUT2D eigenvalue weighted by Crippen LogP contribution is -2.18. The highest BCUT2D eigenvalue weighted by Crippen LogP contribution is 2.31. The molecule has 3 rings (SSSR count). The van der Waals surface area contributed by atoms with Crippen molar-refractivity contribution in [3.05, 3.63) is 65.9 Å². The maximum atomic E-state index is 5.73. The Morgan fingerprint density at radius 3 is 2.60 bits per heavy atom. The molecule has 0 aliphatic heterocycles. The van der Waals surface area contributed by atoms with Crippen molar-refractivity contribution < 1.29 is 9.15 Å². The number of nitrogens with one attached hydrogen (secondary N) is 1. The molecule has 1 aromatic heterocycles. The summed E-state index contributed by atoms with van der Waals surface area (Å²) in [6.07, 6.45) is 0. The van der Waals surface area contributed by atoms with E-state index in [1.165, 1.54) is 5.39 Å². The Labute approximate surface area is 119 Å². The minimum absolute atomic E-state index is 0.218. The molecule has 3 nitrogen and oxygen atoms in total. The molecule has 2 radical (unpaired) electrons. The Kier molecular flexibility index (Phi) is 3.48. The molecule has 0 saturated heterocycles. The highest BCUT2D eigenvalue weighted by atomic mass is 16.6. The fourth-order valence-electron chi connectivity index (χ4n) is 2.43. The number of benzene rings is 2. The SMILES string of the molecule is [B]NC(c1ccc(OC)o1)c1cccc2ccccc12. The van der Waals surface area contributed by atoms with E-state index in [1.54, 1.807) is 13.2 Å². The Morgan fingerprint density at radius 1 is 1.05 bits per heavy atom. The van der Waals surface area contributed by atoms with Crippen molar-refractivity contribution in [2.24, 2.45) is 0 Å². The standard InChI is InChI=1S/C16H14BNO2/c1-19-15-10-9-14(20-15)16(18-17)13-8-4-6-11-5-2-3-7-12(11)13/h2-10,16,18H,1H3. The first kappa shape index (κ1) is 12.8. The van der Waals surface area contributed by atoms with Crippen LogP contribution in [-0.4, -0.2) is 15.1 Å². The van der Waals surface area contributed by atoms with E-state index in [4.69, 9.17) is 17.1 Å². The monoisotopic (exact) mass is 263 g/mol. The summed E-state index contributed by atoms with van der Waals surface area (Å²) in [5.41, 5.74) is 1.07. The van der Waals surface area contributed by atoms with Crippen LogP contribution in [-0.2, 0) is 0 Å². The molecule has 0 bridgehead atoms. The first-order valence-corrected chi connectivity index (χ1v) is 6.41. The van der Waals surface area contributed by atoms with Crippen molar-refractivity contribution in [1.29, 1.82) is 0 Å². The van der Waals surface area contributed by atoms with Gasteiger partial charge in [-0.2, -0.15) is 0 Å². The van der Waals surface area contributed by atoms with Gasteiger partial charge in [0, 0.05) is 6.07 Å². The van der Waals surface area contributed by atoms with Crippen LogP contribution in [0.25, 0.3) is 10.8 Å². The lowest BCUT2D eigenvalue weighted by Gasteiger charge is -2.17.